The maximum Gasteiger partial charge on any atom is 0.257 e. The molecule has 7 heteroatoms. The zero-order valence-corrected chi connectivity index (χ0v) is 17.7. The van der Waals surface area contributed by atoms with Gasteiger partial charge in [-0.25, -0.2) is 4.98 Å². The van der Waals surface area contributed by atoms with Crippen LogP contribution in [0.4, 0.5) is 17.2 Å². The Hall–Kier alpha value is -2.93. The van der Waals surface area contributed by atoms with Gasteiger partial charge < -0.3 is 20.3 Å². The number of anilines is 3. The minimum absolute atomic E-state index is 0.0266. The van der Waals surface area contributed by atoms with E-state index in [9.17, 15) is 9.59 Å². The number of benzene rings is 1. The Morgan fingerprint density at radius 3 is 2.73 bits per heavy atom. The normalized spacial score (nSPS) is 18.7. The van der Waals surface area contributed by atoms with Crippen molar-refractivity contribution in [3.05, 3.63) is 47.7 Å². The molecule has 0 aliphatic carbocycles. The monoisotopic (exact) mass is 408 g/mol. The molecule has 0 bridgehead atoms. The van der Waals surface area contributed by atoms with Gasteiger partial charge >= 0.3 is 0 Å². The highest BCUT2D eigenvalue weighted by atomic mass is 16.5. The predicted molar refractivity (Wildman–Crippen MR) is 117 cm³/mol. The van der Waals surface area contributed by atoms with Crippen LogP contribution in [-0.2, 0) is 14.9 Å². The summed E-state index contributed by atoms with van der Waals surface area (Å²) in [6.45, 7) is 7.85. The van der Waals surface area contributed by atoms with Crippen LogP contribution in [0.2, 0.25) is 0 Å². The van der Waals surface area contributed by atoms with Crippen LogP contribution in [-0.4, -0.2) is 42.6 Å². The molecule has 2 aliphatic heterocycles. The average Bonchev–Trinajstić information content (AvgIpc) is 3.23. The van der Waals surface area contributed by atoms with Crippen molar-refractivity contribution in [1.82, 2.24) is 4.98 Å². The Labute approximate surface area is 176 Å². The zero-order chi connectivity index (χ0) is 21.3. The van der Waals surface area contributed by atoms with E-state index in [0.717, 1.165) is 25.1 Å². The molecular formula is C23H28N4O3. The Morgan fingerprint density at radius 1 is 1.30 bits per heavy atom. The lowest BCUT2D eigenvalue weighted by Crippen LogP contribution is -2.44. The Balaban J connectivity index is 1.53. The smallest absolute Gasteiger partial charge is 0.257 e. The van der Waals surface area contributed by atoms with E-state index in [1.807, 2.05) is 24.3 Å². The van der Waals surface area contributed by atoms with Gasteiger partial charge in [0.2, 0.25) is 5.91 Å². The summed E-state index contributed by atoms with van der Waals surface area (Å²) >= 11 is 0. The first-order valence-corrected chi connectivity index (χ1v) is 10.4. The largest absolute Gasteiger partial charge is 0.376 e. The highest BCUT2D eigenvalue weighted by Crippen LogP contribution is 2.30. The van der Waals surface area contributed by atoms with Gasteiger partial charge in [0.1, 0.15) is 5.82 Å². The number of nitrogens with zero attached hydrogens (tertiary/aromatic N) is 2. The first kappa shape index (κ1) is 20.3. The molecule has 1 aromatic carbocycles. The van der Waals surface area contributed by atoms with E-state index < -0.39 is 0 Å². The lowest BCUT2D eigenvalue weighted by Gasteiger charge is -2.31. The van der Waals surface area contributed by atoms with Crippen molar-refractivity contribution in [2.45, 2.75) is 45.1 Å². The number of hydrogen-bond donors (Lipinski definition) is 2. The number of carbonyl (C=O) groups excluding carboxylic acids is 2. The molecule has 0 radical (unpaired) electrons. The van der Waals surface area contributed by atoms with Crippen LogP contribution in [0.1, 0.15) is 49.5 Å². The lowest BCUT2D eigenvalue weighted by atomic mass is 9.87. The number of hydrogen-bond acceptors (Lipinski definition) is 5. The van der Waals surface area contributed by atoms with Crippen LogP contribution in [0.25, 0.3) is 0 Å². The third kappa shape index (κ3) is 4.31. The van der Waals surface area contributed by atoms with Crippen molar-refractivity contribution in [2.24, 2.45) is 0 Å². The molecular weight excluding hydrogens is 380 g/mol. The number of pyridine rings is 1. The number of nitrogens with one attached hydrogen (secondary N) is 2. The molecule has 0 saturated carbocycles. The van der Waals surface area contributed by atoms with Gasteiger partial charge in [0.05, 0.1) is 30.4 Å². The minimum atomic E-state index is -0.260. The molecule has 1 aromatic heterocycles. The lowest BCUT2D eigenvalue weighted by molar-refractivity contribution is -0.117. The van der Waals surface area contributed by atoms with Gasteiger partial charge in [-0.2, -0.15) is 0 Å². The van der Waals surface area contributed by atoms with Crippen molar-refractivity contribution < 1.29 is 14.3 Å². The quantitative estimate of drug-likeness (QED) is 0.808. The number of carbonyl (C=O) groups is 2. The van der Waals surface area contributed by atoms with Gasteiger partial charge in [-0.05, 0) is 42.0 Å². The fourth-order valence-electron chi connectivity index (χ4n) is 3.76. The number of ether oxygens (including phenoxy) is 1. The molecule has 4 rings (SSSR count). The van der Waals surface area contributed by atoms with Crippen molar-refractivity contribution in [3.63, 3.8) is 0 Å². The van der Waals surface area contributed by atoms with E-state index >= 15 is 0 Å². The summed E-state index contributed by atoms with van der Waals surface area (Å²) in [7, 11) is 0. The fourth-order valence-corrected chi connectivity index (χ4v) is 3.76. The summed E-state index contributed by atoms with van der Waals surface area (Å²) in [5.41, 5.74) is 3.00. The second-order valence-corrected chi connectivity index (χ2v) is 8.87. The van der Waals surface area contributed by atoms with E-state index in [1.54, 1.807) is 11.0 Å². The number of rotatable bonds is 4. The molecule has 1 fully saturated rings. The molecule has 2 N–H and O–H groups in total. The summed E-state index contributed by atoms with van der Waals surface area (Å²) in [6, 6.07) is 9.57. The third-order valence-corrected chi connectivity index (χ3v) is 5.55. The molecule has 7 nitrogen and oxygen atoms in total. The summed E-state index contributed by atoms with van der Waals surface area (Å²) < 4.78 is 5.70. The predicted octanol–water partition coefficient (Wildman–Crippen LogP) is 3.57. The maximum atomic E-state index is 12.8. The van der Waals surface area contributed by atoms with Crippen molar-refractivity contribution in [2.75, 3.05) is 35.2 Å². The summed E-state index contributed by atoms with van der Waals surface area (Å²) in [6.07, 6.45) is 3.50. The molecule has 2 aromatic rings. The highest BCUT2D eigenvalue weighted by Gasteiger charge is 2.29. The third-order valence-electron chi connectivity index (χ3n) is 5.55. The van der Waals surface area contributed by atoms with E-state index in [-0.39, 0.29) is 29.9 Å². The molecule has 1 unspecified atom stereocenters. The van der Waals surface area contributed by atoms with Crippen LogP contribution in [0.15, 0.2) is 36.5 Å². The minimum Gasteiger partial charge on any atom is -0.376 e. The molecule has 0 spiro atoms. The van der Waals surface area contributed by atoms with Gasteiger partial charge in [0.25, 0.3) is 5.91 Å². The van der Waals surface area contributed by atoms with E-state index in [4.69, 9.17) is 4.74 Å². The zero-order valence-electron chi connectivity index (χ0n) is 17.7. The number of fused-ring (bicyclic) bond motifs is 1. The average molecular weight is 409 g/mol. The Kier molecular flexibility index (Phi) is 5.47. The molecule has 1 saturated heterocycles. The Morgan fingerprint density at radius 2 is 2.07 bits per heavy atom. The van der Waals surface area contributed by atoms with Crippen LogP contribution in [0.3, 0.4) is 0 Å². The molecule has 158 valence electrons. The maximum absolute atomic E-state index is 12.8. The molecule has 2 amide bonds. The van der Waals surface area contributed by atoms with Crippen LogP contribution in [0, 0.1) is 0 Å². The number of aromatic nitrogens is 1. The molecule has 2 aliphatic rings. The van der Waals surface area contributed by atoms with E-state index in [0.29, 0.717) is 23.6 Å². The second-order valence-electron chi connectivity index (χ2n) is 8.87. The highest BCUT2D eigenvalue weighted by molar-refractivity contribution is 6.07. The van der Waals surface area contributed by atoms with Crippen LogP contribution in [0.5, 0.6) is 0 Å². The summed E-state index contributed by atoms with van der Waals surface area (Å²) in [5, 5.41) is 5.94. The van der Waals surface area contributed by atoms with Gasteiger partial charge in [-0.3, -0.25) is 9.59 Å². The van der Waals surface area contributed by atoms with Gasteiger partial charge in [0, 0.05) is 18.5 Å². The molecule has 3 heterocycles. The van der Waals surface area contributed by atoms with Gasteiger partial charge in [-0.1, -0.05) is 32.9 Å². The fraction of sp³-hybridized carbons (Fsp3) is 0.435. The van der Waals surface area contributed by atoms with Crippen molar-refractivity contribution >= 4 is 29.0 Å². The van der Waals surface area contributed by atoms with Gasteiger partial charge in [-0.15, -0.1) is 0 Å². The summed E-state index contributed by atoms with van der Waals surface area (Å²) in [5.74, 6) is 0.303. The van der Waals surface area contributed by atoms with Gasteiger partial charge in [0.15, 0.2) is 0 Å². The summed E-state index contributed by atoms with van der Waals surface area (Å²) in [4.78, 5) is 31.4. The number of amides is 2. The molecule has 1 atom stereocenters. The SMILES string of the molecule is CC(C)(C)c1ccc(NC(=O)c2cnc3c(c2)N(CC2CCCO2)C(=O)CN3)cc1. The molecule has 30 heavy (non-hydrogen) atoms. The van der Waals surface area contributed by atoms with Crippen LogP contribution >= 0.6 is 0 Å². The first-order valence-electron chi connectivity index (χ1n) is 10.4. The standard InChI is InChI=1S/C23H28N4O3/c1-23(2,3)16-6-8-17(9-7-16)26-22(29)15-11-19-21(24-12-15)25-13-20(28)27(19)14-18-5-4-10-30-18/h6-9,11-12,18H,4-5,10,13-14H2,1-3H3,(H,24,25)(H,26,29). The first-order chi connectivity index (χ1) is 14.3. The van der Waals surface area contributed by atoms with Crippen LogP contribution < -0.4 is 15.5 Å². The van der Waals surface area contributed by atoms with Crippen molar-refractivity contribution in [1.29, 1.82) is 0 Å². The van der Waals surface area contributed by atoms with E-state index in [2.05, 4.69) is 36.4 Å². The van der Waals surface area contributed by atoms with Crippen molar-refractivity contribution in [3.8, 4) is 0 Å². The second kappa shape index (κ2) is 8.07. The Bertz CT molecular complexity index is 944. The van der Waals surface area contributed by atoms with E-state index in [1.165, 1.54) is 11.8 Å². The topological polar surface area (TPSA) is 83.6 Å².